The number of benzene rings is 1. The molecule has 0 saturated carbocycles. The molecule has 0 aliphatic rings. The molecule has 19 heavy (non-hydrogen) atoms. The van der Waals surface area contributed by atoms with Crippen LogP contribution in [-0.4, -0.2) is 17.9 Å². The Bertz CT molecular complexity index is 613. The average molecular weight is 259 g/mol. The zero-order valence-electron chi connectivity index (χ0n) is 10.7. The SMILES string of the molecule is CNc1cccc(C(=O)Nc2cc(C)ccc2F)n1. The van der Waals surface area contributed by atoms with E-state index in [1.807, 2.05) is 6.92 Å². The molecule has 0 spiro atoms. The molecular weight excluding hydrogens is 245 g/mol. The van der Waals surface area contributed by atoms with Crippen molar-refractivity contribution in [3.05, 3.63) is 53.5 Å². The largest absolute Gasteiger partial charge is 0.373 e. The van der Waals surface area contributed by atoms with Gasteiger partial charge in [-0.3, -0.25) is 4.79 Å². The number of hydrogen-bond acceptors (Lipinski definition) is 3. The summed E-state index contributed by atoms with van der Waals surface area (Å²) in [6.45, 7) is 1.83. The van der Waals surface area contributed by atoms with Crippen LogP contribution in [-0.2, 0) is 0 Å². The van der Waals surface area contributed by atoms with Gasteiger partial charge in [-0.15, -0.1) is 0 Å². The first-order chi connectivity index (χ1) is 9.10. The molecule has 2 N–H and O–H groups in total. The maximum atomic E-state index is 13.5. The Hall–Kier alpha value is -2.43. The molecule has 5 heteroatoms. The number of aryl methyl sites for hydroxylation is 1. The number of carbonyl (C=O) groups is 1. The van der Waals surface area contributed by atoms with E-state index in [1.54, 1.807) is 37.4 Å². The number of anilines is 2. The van der Waals surface area contributed by atoms with Crippen LogP contribution in [0.25, 0.3) is 0 Å². The summed E-state index contributed by atoms with van der Waals surface area (Å²) in [7, 11) is 1.71. The van der Waals surface area contributed by atoms with E-state index in [1.165, 1.54) is 6.07 Å². The number of pyridine rings is 1. The minimum Gasteiger partial charge on any atom is -0.373 e. The van der Waals surface area contributed by atoms with Gasteiger partial charge in [0, 0.05) is 7.05 Å². The van der Waals surface area contributed by atoms with Crippen molar-refractivity contribution in [2.45, 2.75) is 6.92 Å². The van der Waals surface area contributed by atoms with E-state index in [9.17, 15) is 9.18 Å². The highest BCUT2D eigenvalue weighted by Crippen LogP contribution is 2.16. The van der Waals surface area contributed by atoms with Crippen LogP contribution >= 0.6 is 0 Å². The number of nitrogens with one attached hydrogen (secondary N) is 2. The van der Waals surface area contributed by atoms with Crippen LogP contribution in [0.1, 0.15) is 16.1 Å². The quantitative estimate of drug-likeness (QED) is 0.891. The number of hydrogen-bond donors (Lipinski definition) is 2. The molecule has 98 valence electrons. The molecule has 0 fully saturated rings. The molecular formula is C14H14FN3O. The molecule has 0 atom stereocenters. The summed E-state index contributed by atoms with van der Waals surface area (Å²) >= 11 is 0. The van der Waals surface area contributed by atoms with Crippen LogP contribution < -0.4 is 10.6 Å². The third kappa shape index (κ3) is 3.07. The third-order valence-electron chi connectivity index (χ3n) is 2.61. The zero-order valence-corrected chi connectivity index (χ0v) is 10.7. The summed E-state index contributed by atoms with van der Waals surface area (Å²) in [6.07, 6.45) is 0. The van der Waals surface area contributed by atoms with Gasteiger partial charge in [0.05, 0.1) is 5.69 Å². The van der Waals surface area contributed by atoms with Gasteiger partial charge >= 0.3 is 0 Å². The zero-order chi connectivity index (χ0) is 13.8. The normalized spacial score (nSPS) is 10.1. The van der Waals surface area contributed by atoms with Crippen LogP contribution in [0.3, 0.4) is 0 Å². The highest BCUT2D eigenvalue weighted by Gasteiger charge is 2.11. The third-order valence-corrected chi connectivity index (χ3v) is 2.61. The molecule has 2 aromatic rings. The predicted molar refractivity (Wildman–Crippen MR) is 72.9 cm³/mol. The summed E-state index contributed by atoms with van der Waals surface area (Å²) in [6, 6.07) is 9.57. The lowest BCUT2D eigenvalue weighted by molar-refractivity contribution is 0.102. The van der Waals surface area contributed by atoms with Crippen molar-refractivity contribution in [3.63, 3.8) is 0 Å². The van der Waals surface area contributed by atoms with Gasteiger partial charge in [0.2, 0.25) is 0 Å². The molecule has 0 saturated heterocycles. The minimum absolute atomic E-state index is 0.154. The van der Waals surface area contributed by atoms with E-state index in [-0.39, 0.29) is 11.4 Å². The van der Waals surface area contributed by atoms with Crippen LogP contribution in [0.15, 0.2) is 36.4 Å². The lowest BCUT2D eigenvalue weighted by atomic mass is 10.2. The first-order valence-electron chi connectivity index (χ1n) is 5.82. The van der Waals surface area contributed by atoms with Crippen LogP contribution in [0.2, 0.25) is 0 Å². The lowest BCUT2D eigenvalue weighted by Gasteiger charge is -2.07. The van der Waals surface area contributed by atoms with Crippen LogP contribution in [0, 0.1) is 12.7 Å². The molecule has 0 unspecified atom stereocenters. The molecule has 0 aliphatic heterocycles. The van der Waals surface area contributed by atoms with Crippen LogP contribution in [0.5, 0.6) is 0 Å². The standard InChI is InChI=1S/C14H14FN3O/c1-9-6-7-10(15)12(8-9)18-14(19)11-4-3-5-13(16-2)17-11/h3-8H,1-2H3,(H,16,17)(H,18,19). The first-order valence-corrected chi connectivity index (χ1v) is 5.82. The molecule has 0 aliphatic carbocycles. The van der Waals surface area contributed by atoms with Gasteiger partial charge in [0.1, 0.15) is 17.3 Å². The number of carbonyl (C=O) groups excluding carboxylic acids is 1. The Balaban J connectivity index is 2.22. The smallest absolute Gasteiger partial charge is 0.274 e. The maximum Gasteiger partial charge on any atom is 0.274 e. The Labute approximate surface area is 110 Å². The number of nitrogens with zero attached hydrogens (tertiary/aromatic N) is 1. The van der Waals surface area contributed by atoms with Crippen molar-refractivity contribution in [1.29, 1.82) is 0 Å². The van der Waals surface area contributed by atoms with E-state index in [0.29, 0.717) is 5.82 Å². The summed E-state index contributed by atoms with van der Waals surface area (Å²) in [5, 5.41) is 5.36. The Morgan fingerprint density at radius 3 is 2.79 bits per heavy atom. The van der Waals surface area contributed by atoms with E-state index in [4.69, 9.17) is 0 Å². The van der Waals surface area contributed by atoms with E-state index >= 15 is 0 Å². The number of aromatic nitrogens is 1. The predicted octanol–water partition coefficient (Wildman–Crippen LogP) is 2.82. The first kappa shape index (κ1) is 13.0. The Kier molecular flexibility index (Phi) is 3.75. The molecule has 1 aromatic carbocycles. The molecule has 0 radical (unpaired) electrons. The van der Waals surface area contributed by atoms with E-state index in [2.05, 4.69) is 15.6 Å². The van der Waals surface area contributed by atoms with E-state index < -0.39 is 11.7 Å². The van der Waals surface area contributed by atoms with Crippen molar-refractivity contribution in [3.8, 4) is 0 Å². The Morgan fingerprint density at radius 1 is 1.26 bits per heavy atom. The van der Waals surface area contributed by atoms with E-state index in [0.717, 1.165) is 5.56 Å². The summed E-state index contributed by atoms with van der Waals surface area (Å²) < 4.78 is 13.5. The fourth-order valence-electron chi connectivity index (χ4n) is 1.62. The minimum atomic E-state index is -0.469. The second-order valence-corrected chi connectivity index (χ2v) is 4.10. The van der Waals surface area contributed by atoms with Gasteiger partial charge < -0.3 is 10.6 Å². The summed E-state index contributed by atoms with van der Waals surface area (Å²) in [4.78, 5) is 16.1. The summed E-state index contributed by atoms with van der Waals surface area (Å²) in [5.74, 6) is -0.331. The highest BCUT2D eigenvalue weighted by atomic mass is 19.1. The van der Waals surface area contributed by atoms with Gasteiger partial charge in [0.15, 0.2) is 0 Å². The number of rotatable bonds is 3. The van der Waals surface area contributed by atoms with Gasteiger partial charge in [-0.2, -0.15) is 0 Å². The van der Waals surface area contributed by atoms with Crippen molar-refractivity contribution >= 4 is 17.4 Å². The van der Waals surface area contributed by atoms with Gasteiger partial charge in [-0.05, 0) is 36.8 Å². The van der Waals surface area contributed by atoms with Crippen LogP contribution in [0.4, 0.5) is 15.9 Å². The number of halogens is 1. The van der Waals surface area contributed by atoms with Gasteiger partial charge in [0.25, 0.3) is 5.91 Å². The van der Waals surface area contributed by atoms with Crippen molar-refractivity contribution < 1.29 is 9.18 Å². The molecule has 1 amide bonds. The Morgan fingerprint density at radius 2 is 2.05 bits per heavy atom. The fourth-order valence-corrected chi connectivity index (χ4v) is 1.62. The average Bonchev–Trinajstić information content (AvgIpc) is 2.43. The summed E-state index contributed by atoms with van der Waals surface area (Å²) in [5.41, 5.74) is 1.25. The van der Waals surface area contributed by atoms with Gasteiger partial charge in [-0.1, -0.05) is 12.1 Å². The molecule has 4 nitrogen and oxygen atoms in total. The lowest BCUT2D eigenvalue weighted by Crippen LogP contribution is -2.15. The van der Waals surface area contributed by atoms with Crippen molar-refractivity contribution in [1.82, 2.24) is 4.98 Å². The molecule has 1 aromatic heterocycles. The highest BCUT2D eigenvalue weighted by molar-refractivity contribution is 6.03. The second-order valence-electron chi connectivity index (χ2n) is 4.10. The van der Waals surface area contributed by atoms with Crippen molar-refractivity contribution in [2.75, 3.05) is 17.7 Å². The fraction of sp³-hybridized carbons (Fsp3) is 0.143. The molecule has 2 rings (SSSR count). The second kappa shape index (κ2) is 5.48. The van der Waals surface area contributed by atoms with Gasteiger partial charge in [-0.25, -0.2) is 9.37 Å². The topological polar surface area (TPSA) is 54.0 Å². The monoisotopic (exact) mass is 259 g/mol. The van der Waals surface area contributed by atoms with Crippen molar-refractivity contribution in [2.24, 2.45) is 0 Å². The molecule has 1 heterocycles. The molecule has 0 bridgehead atoms. The maximum absolute atomic E-state index is 13.5. The number of amides is 1.